The van der Waals surface area contributed by atoms with Gasteiger partial charge in [-0.3, -0.25) is 0 Å². The Bertz CT molecular complexity index is 540. The Morgan fingerprint density at radius 3 is 2.30 bits per heavy atom. The van der Waals surface area contributed by atoms with Gasteiger partial charge in [-0.05, 0) is 39.3 Å². The first-order valence-electron chi connectivity index (χ1n) is 6.98. The molecule has 2 unspecified atom stereocenters. The maximum atomic E-state index is 13.2. The molecule has 23 heavy (non-hydrogen) atoms. The summed E-state index contributed by atoms with van der Waals surface area (Å²) in [6.45, 7) is 5.36. The van der Waals surface area contributed by atoms with Crippen molar-refractivity contribution < 1.29 is 24.1 Å². The predicted molar refractivity (Wildman–Crippen MR) is 91.6 cm³/mol. The number of alkyl carbamates (subject to hydrolysis) is 1. The standard InChI is InChI=1S/C15H20Br2FNO4/c1-15(2,3)23-14(22)19-5-4-11(20)13(21)12-9(16)6-8(18)7-10(12)17/h6-7,11,13,20-21H,4-5H2,1-3H3,(H,19,22). The van der Waals surface area contributed by atoms with Crippen LogP contribution >= 0.6 is 31.9 Å². The maximum absolute atomic E-state index is 13.2. The quantitative estimate of drug-likeness (QED) is 0.631. The molecule has 1 rings (SSSR count). The van der Waals surface area contributed by atoms with E-state index in [1.165, 1.54) is 12.1 Å². The first kappa shape index (κ1) is 20.3. The van der Waals surface area contributed by atoms with Crippen LogP contribution in [0.15, 0.2) is 21.1 Å². The lowest BCUT2D eigenvalue weighted by atomic mass is 10.0. The van der Waals surface area contributed by atoms with E-state index < -0.39 is 29.7 Å². The molecule has 0 radical (unpaired) electrons. The molecule has 3 N–H and O–H groups in total. The lowest BCUT2D eigenvalue weighted by molar-refractivity contribution is 0.0115. The Labute approximate surface area is 151 Å². The molecule has 0 saturated heterocycles. The van der Waals surface area contributed by atoms with Gasteiger partial charge in [0.2, 0.25) is 0 Å². The molecule has 0 bridgehead atoms. The minimum Gasteiger partial charge on any atom is -0.444 e. The number of ether oxygens (including phenoxy) is 1. The molecule has 0 saturated carbocycles. The van der Waals surface area contributed by atoms with Crippen LogP contribution in [0.2, 0.25) is 0 Å². The second-order valence-electron chi connectivity index (χ2n) is 6.01. The minimum atomic E-state index is -1.24. The number of nitrogens with one attached hydrogen (secondary N) is 1. The van der Waals surface area contributed by atoms with Crippen molar-refractivity contribution in [3.8, 4) is 0 Å². The van der Waals surface area contributed by atoms with Gasteiger partial charge in [0.1, 0.15) is 17.5 Å². The van der Waals surface area contributed by atoms with Gasteiger partial charge in [-0.2, -0.15) is 0 Å². The fourth-order valence-corrected chi connectivity index (χ4v) is 3.42. The molecule has 0 heterocycles. The molecular weight excluding hydrogens is 437 g/mol. The van der Waals surface area contributed by atoms with Gasteiger partial charge >= 0.3 is 6.09 Å². The van der Waals surface area contributed by atoms with E-state index in [2.05, 4.69) is 37.2 Å². The van der Waals surface area contributed by atoms with Crippen molar-refractivity contribution in [3.63, 3.8) is 0 Å². The summed E-state index contributed by atoms with van der Waals surface area (Å²) in [4.78, 5) is 11.5. The van der Waals surface area contributed by atoms with E-state index in [0.717, 1.165) is 0 Å². The predicted octanol–water partition coefficient (Wildman–Crippen LogP) is 3.66. The van der Waals surface area contributed by atoms with Crippen molar-refractivity contribution in [3.05, 3.63) is 32.5 Å². The number of carbonyl (C=O) groups is 1. The van der Waals surface area contributed by atoms with Gasteiger partial charge < -0.3 is 20.3 Å². The summed E-state index contributed by atoms with van der Waals surface area (Å²) in [5.41, 5.74) is -0.261. The molecule has 0 aromatic heterocycles. The molecule has 8 heteroatoms. The molecule has 0 aliphatic rings. The number of benzene rings is 1. The molecule has 5 nitrogen and oxygen atoms in total. The van der Waals surface area contributed by atoms with Crippen LogP contribution in [0.1, 0.15) is 38.9 Å². The lowest BCUT2D eigenvalue weighted by Gasteiger charge is -2.22. The highest BCUT2D eigenvalue weighted by Gasteiger charge is 2.24. The topological polar surface area (TPSA) is 78.8 Å². The fraction of sp³-hybridized carbons (Fsp3) is 0.533. The number of amides is 1. The highest BCUT2D eigenvalue weighted by Crippen LogP contribution is 2.34. The van der Waals surface area contributed by atoms with Gasteiger partial charge in [0.15, 0.2) is 0 Å². The molecule has 1 amide bonds. The van der Waals surface area contributed by atoms with Crippen LogP contribution < -0.4 is 5.32 Å². The van der Waals surface area contributed by atoms with Crippen molar-refractivity contribution >= 4 is 38.0 Å². The summed E-state index contributed by atoms with van der Waals surface area (Å²) < 4.78 is 19.0. The summed E-state index contributed by atoms with van der Waals surface area (Å²) in [7, 11) is 0. The van der Waals surface area contributed by atoms with Crippen LogP contribution in [-0.2, 0) is 4.74 Å². The number of carbonyl (C=O) groups excluding carboxylic acids is 1. The fourth-order valence-electron chi connectivity index (χ4n) is 1.82. The molecule has 0 aliphatic heterocycles. The van der Waals surface area contributed by atoms with Crippen LogP contribution in [0.4, 0.5) is 9.18 Å². The molecule has 0 spiro atoms. The van der Waals surface area contributed by atoms with E-state index in [9.17, 15) is 19.4 Å². The SMILES string of the molecule is CC(C)(C)OC(=O)NCCC(O)C(O)c1c(Br)cc(F)cc1Br. The van der Waals surface area contributed by atoms with Crippen molar-refractivity contribution in [1.82, 2.24) is 5.32 Å². The summed E-state index contributed by atoms with van der Waals surface area (Å²) in [5.74, 6) is -0.471. The molecular formula is C15H20Br2FNO4. The number of hydrogen-bond donors (Lipinski definition) is 3. The monoisotopic (exact) mass is 455 g/mol. The Balaban J connectivity index is 2.59. The van der Waals surface area contributed by atoms with Gasteiger partial charge in [-0.15, -0.1) is 0 Å². The van der Waals surface area contributed by atoms with Gasteiger partial charge in [-0.25, -0.2) is 9.18 Å². The normalized spacial score (nSPS) is 14.3. The van der Waals surface area contributed by atoms with E-state index in [1.54, 1.807) is 20.8 Å². The molecule has 0 aliphatic carbocycles. The summed E-state index contributed by atoms with van der Waals surface area (Å²) in [6.07, 6.45) is -2.86. The molecule has 1 aromatic carbocycles. The average molecular weight is 457 g/mol. The molecule has 0 fully saturated rings. The number of aliphatic hydroxyl groups excluding tert-OH is 2. The number of rotatable bonds is 5. The van der Waals surface area contributed by atoms with Gasteiger partial charge in [-0.1, -0.05) is 31.9 Å². The van der Waals surface area contributed by atoms with Crippen molar-refractivity contribution in [1.29, 1.82) is 0 Å². The maximum Gasteiger partial charge on any atom is 0.407 e. The van der Waals surface area contributed by atoms with Crippen molar-refractivity contribution in [2.45, 2.75) is 45.0 Å². The van der Waals surface area contributed by atoms with E-state index in [4.69, 9.17) is 4.74 Å². The average Bonchev–Trinajstić information content (AvgIpc) is 2.34. The third-order valence-electron chi connectivity index (χ3n) is 2.81. The van der Waals surface area contributed by atoms with Crippen molar-refractivity contribution in [2.75, 3.05) is 6.54 Å². The molecule has 2 atom stereocenters. The lowest BCUT2D eigenvalue weighted by Crippen LogP contribution is -2.34. The second kappa shape index (κ2) is 8.41. The van der Waals surface area contributed by atoms with Gasteiger partial charge in [0.05, 0.1) is 6.10 Å². The number of hydrogen-bond acceptors (Lipinski definition) is 4. The van der Waals surface area contributed by atoms with E-state index >= 15 is 0 Å². The van der Waals surface area contributed by atoms with Crippen molar-refractivity contribution in [2.24, 2.45) is 0 Å². The van der Waals surface area contributed by atoms with Gasteiger partial charge in [0, 0.05) is 21.1 Å². The van der Waals surface area contributed by atoms with E-state index in [-0.39, 0.29) is 13.0 Å². The van der Waals surface area contributed by atoms with Crippen LogP contribution in [0.3, 0.4) is 0 Å². The second-order valence-corrected chi connectivity index (χ2v) is 7.72. The molecule has 130 valence electrons. The number of aliphatic hydroxyl groups is 2. The zero-order valence-corrected chi connectivity index (χ0v) is 16.2. The third kappa shape index (κ3) is 6.74. The highest BCUT2D eigenvalue weighted by atomic mass is 79.9. The summed E-state index contributed by atoms with van der Waals surface area (Å²) in [6, 6.07) is 2.41. The van der Waals surface area contributed by atoms with Crippen LogP contribution in [0.25, 0.3) is 0 Å². The van der Waals surface area contributed by atoms with E-state index in [1.807, 2.05) is 0 Å². The Kier molecular flexibility index (Phi) is 7.44. The largest absolute Gasteiger partial charge is 0.444 e. The summed E-state index contributed by atoms with van der Waals surface area (Å²) >= 11 is 6.32. The number of halogens is 3. The zero-order chi connectivity index (χ0) is 17.8. The van der Waals surface area contributed by atoms with E-state index in [0.29, 0.717) is 14.5 Å². The smallest absolute Gasteiger partial charge is 0.407 e. The molecule has 1 aromatic rings. The first-order valence-corrected chi connectivity index (χ1v) is 8.57. The van der Waals surface area contributed by atoms with Gasteiger partial charge in [0.25, 0.3) is 0 Å². The van der Waals surface area contributed by atoms with Crippen LogP contribution in [0.5, 0.6) is 0 Å². The minimum absolute atomic E-state index is 0.108. The Hall–Kier alpha value is -0.700. The zero-order valence-electron chi connectivity index (χ0n) is 13.1. The highest BCUT2D eigenvalue weighted by molar-refractivity contribution is 9.11. The van der Waals surface area contributed by atoms with Crippen LogP contribution in [-0.4, -0.2) is 34.6 Å². The van der Waals surface area contributed by atoms with Crippen LogP contribution in [0, 0.1) is 5.82 Å². The Morgan fingerprint density at radius 1 is 1.30 bits per heavy atom. The summed E-state index contributed by atoms with van der Waals surface area (Å²) in [5, 5.41) is 22.8. The third-order valence-corrected chi connectivity index (χ3v) is 4.12. The Morgan fingerprint density at radius 2 is 1.83 bits per heavy atom. The first-order chi connectivity index (χ1) is 10.5.